The summed E-state index contributed by atoms with van der Waals surface area (Å²) in [5.41, 5.74) is 6.81. The van der Waals surface area contributed by atoms with Gasteiger partial charge in [0.25, 0.3) is 0 Å². The zero-order valence-corrected chi connectivity index (χ0v) is 10.0. The molecule has 0 aromatic heterocycles. The molecule has 0 heterocycles. The van der Waals surface area contributed by atoms with E-state index in [0.717, 1.165) is 0 Å². The number of nitrogen functional groups attached to an aromatic ring is 1. The maximum atomic E-state index is 11.4. The number of ether oxygens (including phenoxy) is 1. The van der Waals surface area contributed by atoms with Crippen LogP contribution in [0.2, 0.25) is 5.02 Å². The SMILES string of the molecule is CCOC(=O)C(C)Nc1c(N)cccc1Cl. The van der Waals surface area contributed by atoms with E-state index in [1.807, 2.05) is 0 Å². The van der Waals surface area contributed by atoms with Crippen LogP contribution in [0.5, 0.6) is 0 Å². The van der Waals surface area contributed by atoms with E-state index in [1.165, 1.54) is 0 Å². The van der Waals surface area contributed by atoms with Crippen LogP contribution in [-0.2, 0) is 9.53 Å². The Hall–Kier alpha value is -1.42. The Kier molecular flexibility index (Phi) is 4.43. The molecule has 1 rings (SSSR count). The Labute approximate surface area is 99.7 Å². The summed E-state index contributed by atoms with van der Waals surface area (Å²) >= 11 is 5.96. The van der Waals surface area contributed by atoms with Crippen LogP contribution in [0.15, 0.2) is 18.2 Å². The van der Waals surface area contributed by atoms with Gasteiger partial charge in [-0.05, 0) is 26.0 Å². The first-order chi connectivity index (χ1) is 7.56. The molecule has 1 unspecified atom stereocenters. The van der Waals surface area contributed by atoms with Crippen molar-refractivity contribution >= 4 is 28.9 Å². The van der Waals surface area contributed by atoms with Crippen LogP contribution in [-0.4, -0.2) is 18.6 Å². The zero-order valence-electron chi connectivity index (χ0n) is 9.29. The lowest BCUT2D eigenvalue weighted by atomic mass is 10.2. The Bertz CT molecular complexity index is 362. The van der Waals surface area contributed by atoms with Crippen LogP contribution in [0.3, 0.4) is 0 Å². The van der Waals surface area contributed by atoms with E-state index >= 15 is 0 Å². The van der Waals surface area contributed by atoms with Gasteiger partial charge in [-0.3, -0.25) is 0 Å². The summed E-state index contributed by atoms with van der Waals surface area (Å²) < 4.78 is 4.87. The number of benzene rings is 1. The smallest absolute Gasteiger partial charge is 0.328 e. The fourth-order valence-corrected chi connectivity index (χ4v) is 1.47. The van der Waals surface area contributed by atoms with Crippen LogP contribution < -0.4 is 11.1 Å². The second kappa shape index (κ2) is 5.61. The van der Waals surface area contributed by atoms with Crippen molar-refractivity contribution in [1.82, 2.24) is 0 Å². The molecule has 0 aliphatic rings. The molecular weight excluding hydrogens is 228 g/mol. The van der Waals surface area contributed by atoms with Crippen LogP contribution in [0.4, 0.5) is 11.4 Å². The highest BCUT2D eigenvalue weighted by Crippen LogP contribution is 2.28. The quantitative estimate of drug-likeness (QED) is 0.628. The lowest BCUT2D eigenvalue weighted by molar-refractivity contribution is -0.143. The minimum Gasteiger partial charge on any atom is -0.464 e. The van der Waals surface area contributed by atoms with Gasteiger partial charge in [-0.2, -0.15) is 0 Å². The molecule has 5 heteroatoms. The van der Waals surface area contributed by atoms with Gasteiger partial charge in [-0.15, -0.1) is 0 Å². The first-order valence-electron chi connectivity index (χ1n) is 5.03. The summed E-state index contributed by atoms with van der Waals surface area (Å²) in [5.74, 6) is -0.332. The molecule has 0 aliphatic heterocycles. The highest BCUT2D eigenvalue weighted by Gasteiger charge is 2.15. The van der Waals surface area contributed by atoms with Crippen LogP contribution >= 0.6 is 11.6 Å². The van der Waals surface area contributed by atoms with Gasteiger partial charge in [0.2, 0.25) is 0 Å². The summed E-state index contributed by atoms with van der Waals surface area (Å²) in [5, 5.41) is 3.41. The van der Waals surface area contributed by atoms with Crippen molar-refractivity contribution in [3.63, 3.8) is 0 Å². The third-order valence-corrected chi connectivity index (χ3v) is 2.36. The third kappa shape index (κ3) is 3.03. The standard InChI is InChI=1S/C11H15ClN2O2/c1-3-16-11(15)7(2)14-10-8(12)5-4-6-9(10)13/h4-7,14H,3,13H2,1-2H3. The minimum atomic E-state index is -0.484. The van der Waals surface area contributed by atoms with Gasteiger partial charge in [0.05, 0.1) is 23.0 Å². The number of hydrogen-bond donors (Lipinski definition) is 2. The number of rotatable bonds is 4. The normalized spacial score (nSPS) is 11.9. The lowest BCUT2D eigenvalue weighted by Crippen LogP contribution is -2.28. The molecule has 4 nitrogen and oxygen atoms in total. The van der Waals surface area contributed by atoms with E-state index in [9.17, 15) is 4.79 Å². The molecule has 1 atom stereocenters. The molecule has 0 saturated carbocycles. The van der Waals surface area contributed by atoms with Crippen molar-refractivity contribution in [3.8, 4) is 0 Å². The fraction of sp³-hybridized carbons (Fsp3) is 0.364. The third-order valence-electron chi connectivity index (χ3n) is 2.05. The Morgan fingerprint density at radius 1 is 1.62 bits per heavy atom. The number of nitrogens with two attached hydrogens (primary N) is 1. The van der Waals surface area contributed by atoms with Crippen LogP contribution in [0, 0.1) is 0 Å². The average molecular weight is 243 g/mol. The average Bonchev–Trinajstić information content (AvgIpc) is 2.23. The zero-order chi connectivity index (χ0) is 12.1. The van der Waals surface area contributed by atoms with E-state index in [1.54, 1.807) is 32.0 Å². The molecule has 0 spiro atoms. The Morgan fingerprint density at radius 2 is 2.31 bits per heavy atom. The molecule has 1 aromatic carbocycles. The van der Waals surface area contributed by atoms with Crippen molar-refractivity contribution in [2.75, 3.05) is 17.7 Å². The largest absolute Gasteiger partial charge is 0.464 e. The van der Waals surface area contributed by atoms with Gasteiger partial charge in [-0.25, -0.2) is 4.79 Å². The van der Waals surface area contributed by atoms with Crippen LogP contribution in [0.25, 0.3) is 0 Å². The number of carbonyl (C=O) groups excluding carboxylic acids is 1. The monoisotopic (exact) mass is 242 g/mol. The van der Waals surface area contributed by atoms with E-state index in [4.69, 9.17) is 22.1 Å². The van der Waals surface area contributed by atoms with Crippen molar-refractivity contribution in [1.29, 1.82) is 0 Å². The van der Waals surface area contributed by atoms with Crippen LogP contribution in [0.1, 0.15) is 13.8 Å². The number of hydrogen-bond acceptors (Lipinski definition) is 4. The Balaban J connectivity index is 2.76. The van der Waals surface area contributed by atoms with Gasteiger partial charge in [0.1, 0.15) is 6.04 Å². The van der Waals surface area contributed by atoms with E-state index in [-0.39, 0.29) is 5.97 Å². The number of halogens is 1. The first kappa shape index (κ1) is 12.6. The van der Waals surface area contributed by atoms with E-state index in [0.29, 0.717) is 23.0 Å². The molecule has 16 heavy (non-hydrogen) atoms. The van der Waals surface area contributed by atoms with E-state index < -0.39 is 6.04 Å². The number of esters is 1. The predicted octanol–water partition coefficient (Wildman–Crippen LogP) is 2.29. The van der Waals surface area contributed by atoms with Crippen molar-refractivity contribution in [3.05, 3.63) is 23.2 Å². The highest BCUT2D eigenvalue weighted by atomic mass is 35.5. The number of para-hydroxylation sites is 1. The maximum Gasteiger partial charge on any atom is 0.328 e. The second-order valence-corrected chi connectivity index (χ2v) is 3.73. The van der Waals surface area contributed by atoms with Crippen molar-refractivity contribution < 1.29 is 9.53 Å². The van der Waals surface area contributed by atoms with E-state index in [2.05, 4.69) is 5.32 Å². The summed E-state index contributed by atoms with van der Waals surface area (Å²) in [6, 6.07) is 4.68. The first-order valence-corrected chi connectivity index (χ1v) is 5.41. The van der Waals surface area contributed by atoms with Gasteiger partial charge in [-0.1, -0.05) is 17.7 Å². The second-order valence-electron chi connectivity index (χ2n) is 3.32. The lowest BCUT2D eigenvalue weighted by Gasteiger charge is -2.16. The van der Waals surface area contributed by atoms with Gasteiger partial charge in [0, 0.05) is 0 Å². The van der Waals surface area contributed by atoms with Crippen molar-refractivity contribution in [2.24, 2.45) is 0 Å². The number of nitrogens with one attached hydrogen (secondary N) is 1. The maximum absolute atomic E-state index is 11.4. The number of anilines is 2. The fourth-order valence-electron chi connectivity index (χ4n) is 1.24. The minimum absolute atomic E-state index is 0.332. The summed E-state index contributed by atoms with van der Waals surface area (Å²) in [7, 11) is 0. The highest BCUT2D eigenvalue weighted by molar-refractivity contribution is 6.34. The summed E-state index contributed by atoms with van der Waals surface area (Å²) in [4.78, 5) is 11.4. The molecule has 0 bridgehead atoms. The number of carbonyl (C=O) groups is 1. The summed E-state index contributed by atoms with van der Waals surface area (Å²) in [6.07, 6.45) is 0. The van der Waals surface area contributed by atoms with Gasteiger partial charge in [0.15, 0.2) is 0 Å². The molecular formula is C11H15ClN2O2. The molecule has 1 aromatic rings. The van der Waals surface area contributed by atoms with Gasteiger partial charge >= 0.3 is 5.97 Å². The molecule has 3 N–H and O–H groups in total. The van der Waals surface area contributed by atoms with Crippen molar-refractivity contribution in [2.45, 2.75) is 19.9 Å². The molecule has 88 valence electrons. The Morgan fingerprint density at radius 3 is 2.88 bits per heavy atom. The molecule has 0 fully saturated rings. The predicted molar refractivity (Wildman–Crippen MR) is 65.6 cm³/mol. The molecule has 0 aliphatic carbocycles. The molecule has 0 saturated heterocycles. The molecule has 0 radical (unpaired) electrons. The molecule has 0 amide bonds. The topological polar surface area (TPSA) is 64.3 Å². The van der Waals surface area contributed by atoms with Gasteiger partial charge < -0.3 is 15.8 Å². The summed E-state index contributed by atoms with van der Waals surface area (Å²) in [6.45, 7) is 3.80.